The van der Waals surface area contributed by atoms with E-state index in [4.69, 9.17) is 10.1 Å². The van der Waals surface area contributed by atoms with Crippen LogP contribution in [0.15, 0.2) is 120 Å². The molecule has 0 unspecified atom stereocenters. The number of hydrogen-bond acceptors (Lipinski definition) is 1. The van der Waals surface area contributed by atoms with Crippen LogP contribution in [0.1, 0.15) is 11.1 Å². The van der Waals surface area contributed by atoms with Gasteiger partial charge in [0.1, 0.15) is 11.5 Å². The maximum absolute atomic E-state index is 6.21. The van der Waals surface area contributed by atoms with Crippen LogP contribution in [-0.2, 0) is 4.74 Å². The Hall–Kier alpha value is -3.65. The minimum Gasteiger partial charge on any atom is -0.456 e. The molecule has 130 valence electrons. The van der Waals surface area contributed by atoms with Crippen LogP contribution in [0, 0.1) is 0 Å². The lowest BCUT2D eigenvalue weighted by Crippen LogP contribution is -2.37. The Kier molecular flexibility index (Phi) is 4.80. The molecule has 0 saturated carbocycles. The highest BCUT2D eigenvalue weighted by Gasteiger charge is 2.14. The molecule has 2 aromatic rings. The Morgan fingerprint density at radius 1 is 0.593 bits per heavy atom. The van der Waals surface area contributed by atoms with Gasteiger partial charge in [0.05, 0.1) is 0 Å². The monoisotopic (exact) mass is 350 g/mol. The van der Waals surface area contributed by atoms with Crippen LogP contribution in [0.2, 0.25) is 0 Å². The van der Waals surface area contributed by atoms with Crippen LogP contribution >= 0.6 is 0 Å². The van der Waals surface area contributed by atoms with Crippen molar-refractivity contribution in [3.05, 3.63) is 132 Å². The summed E-state index contributed by atoms with van der Waals surface area (Å²) >= 11 is 0. The van der Waals surface area contributed by atoms with E-state index in [1.54, 1.807) is 0 Å². The van der Waals surface area contributed by atoms with E-state index >= 15 is 0 Å². The Morgan fingerprint density at radius 3 is 1.59 bits per heavy atom. The van der Waals surface area contributed by atoms with Crippen molar-refractivity contribution >= 4 is 17.2 Å². The van der Waals surface area contributed by atoms with Gasteiger partial charge in [0, 0.05) is 23.3 Å². The van der Waals surface area contributed by atoms with Crippen molar-refractivity contribution < 1.29 is 10.1 Å². The summed E-state index contributed by atoms with van der Waals surface area (Å²) in [5, 5.41) is 5.77. The fourth-order valence-corrected chi connectivity index (χ4v) is 2.91. The quantitative estimate of drug-likeness (QED) is 0.881. The third-order valence-corrected chi connectivity index (χ3v) is 4.34. The summed E-state index contributed by atoms with van der Waals surface area (Å²) in [5.41, 5.74) is 5.06. The molecule has 4 rings (SSSR count). The highest BCUT2D eigenvalue weighted by molar-refractivity contribution is 6.01. The summed E-state index contributed by atoms with van der Waals surface area (Å²) in [5.74, 6) is 1.68. The second-order valence-corrected chi connectivity index (χ2v) is 6.35. The minimum atomic E-state index is 0.767. The molecule has 0 saturated heterocycles. The topological polar surface area (TPSA) is 34.8 Å². The molecular formula is C25H20NO+. The first-order chi connectivity index (χ1) is 13.3. The van der Waals surface area contributed by atoms with Crippen molar-refractivity contribution in [2.24, 2.45) is 0 Å². The maximum atomic E-state index is 6.21. The first-order valence-corrected chi connectivity index (χ1v) is 8.91. The zero-order valence-electron chi connectivity index (χ0n) is 14.9. The van der Waals surface area contributed by atoms with Gasteiger partial charge in [-0.05, 0) is 35.5 Å². The van der Waals surface area contributed by atoms with Crippen LogP contribution in [0.4, 0.5) is 0 Å². The Balaban J connectivity index is 1.72. The molecule has 0 fully saturated rings. The number of allylic oxidation sites excluding steroid dienone is 10. The van der Waals surface area contributed by atoms with Gasteiger partial charge >= 0.3 is 0 Å². The summed E-state index contributed by atoms with van der Waals surface area (Å²) < 4.78 is 6.21. The molecule has 0 aromatic heterocycles. The van der Waals surface area contributed by atoms with Gasteiger partial charge in [-0.1, -0.05) is 72.8 Å². The van der Waals surface area contributed by atoms with Crippen molar-refractivity contribution in [3.63, 3.8) is 0 Å². The van der Waals surface area contributed by atoms with Gasteiger partial charge in [-0.25, -0.2) is 0 Å². The predicted molar refractivity (Wildman–Crippen MR) is 111 cm³/mol. The molecule has 2 aliphatic rings. The maximum Gasteiger partial charge on any atom is 0.196 e. The highest BCUT2D eigenvalue weighted by atomic mass is 16.5. The molecule has 2 N–H and O–H groups in total. The molecule has 2 aromatic carbocycles. The molecule has 1 aliphatic heterocycles. The van der Waals surface area contributed by atoms with Gasteiger partial charge in [0.2, 0.25) is 0 Å². The molecule has 1 aliphatic carbocycles. The molecule has 0 spiro atoms. The summed E-state index contributed by atoms with van der Waals surface area (Å²) in [6, 6.07) is 20.3. The minimum absolute atomic E-state index is 0.767. The predicted octanol–water partition coefficient (Wildman–Crippen LogP) is 4.28. The lowest BCUT2D eigenvalue weighted by Gasteiger charge is -2.19. The molecule has 2 heteroatoms. The Morgan fingerprint density at radius 2 is 1.07 bits per heavy atom. The van der Waals surface area contributed by atoms with Crippen LogP contribution in [-0.4, -0.2) is 5.71 Å². The van der Waals surface area contributed by atoms with E-state index in [0.29, 0.717) is 0 Å². The molecule has 0 atom stereocenters. The zero-order chi connectivity index (χ0) is 18.5. The molecule has 27 heavy (non-hydrogen) atoms. The third-order valence-electron chi connectivity index (χ3n) is 4.34. The number of benzene rings is 2. The van der Waals surface area contributed by atoms with E-state index in [-0.39, 0.29) is 0 Å². The average molecular weight is 350 g/mol. The van der Waals surface area contributed by atoms with Gasteiger partial charge in [0.15, 0.2) is 5.71 Å². The van der Waals surface area contributed by atoms with E-state index in [9.17, 15) is 0 Å². The second kappa shape index (κ2) is 7.71. The van der Waals surface area contributed by atoms with E-state index < -0.39 is 0 Å². The Bertz CT molecular complexity index is 957. The number of hydrogen-bond donors (Lipinski definition) is 1. The van der Waals surface area contributed by atoms with Crippen molar-refractivity contribution in [1.82, 2.24) is 0 Å². The van der Waals surface area contributed by atoms with Gasteiger partial charge in [-0.2, -0.15) is 0 Å². The Labute approximate surface area is 159 Å². The first-order valence-electron chi connectivity index (χ1n) is 8.91. The van der Waals surface area contributed by atoms with E-state index in [1.165, 1.54) is 0 Å². The number of ether oxygens (including phenoxy) is 1. The summed E-state index contributed by atoms with van der Waals surface area (Å²) in [6.07, 6.45) is 16.1. The molecule has 0 radical (unpaired) electrons. The van der Waals surface area contributed by atoms with E-state index in [2.05, 4.69) is 48.6 Å². The SMILES string of the molecule is [NH2+]=C1C=CC(=CC=C2C=C(c3ccccc3)OC(c3ccccc3)=C2)C=C1. The largest absolute Gasteiger partial charge is 0.456 e. The van der Waals surface area contributed by atoms with Gasteiger partial charge in [-0.15, -0.1) is 0 Å². The molecular weight excluding hydrogens is 330 g/mol. The van der Waals surface area contributed by atoms with E-state index in [0.717, 1.165) is 39.5 Å². The second-order valence-electron chi connectivity index (χ2n) is 6.35. The van der Waals surface area contributed by atoms with Gasteiger partial charge < -0.3 is 4.74 Å². The fraction of sp³-hybridized carbons (Fsp3) is 0. The normalized spacial score (nSPS) is 15.8. The fourth-order valence-electron chi connectivity index (χ4n) is 2.91. The molecule has 0 bridgehead atoms. The smallest absolute Gasteiger partial charge is 0.196 e. The van der Waals surface area contributed by atoms with Crippen LogP contribution in [0.5, 0.6) is 0 Å². The van der Waals surface area contributed by atoms with Crippen molar-refractivity contribution in [2.75, 3.05) is 0 Å². The molecule has 0 amide bonds. The third kappa shape index (κ3) is 4.13. The first kappa shape index (κ1) is 16.8. The van der Waals surface area contributed by atoms with Gasteiger partial charge in [0.25, 0.3) is 0 Å². The lowest BCUT2D eigenvalue weighted by atomic mass is 10.0. The molecule has 1 heterocycles. The van der Waals surface area contributed by atoms with Crippen molar-refractivity contribution in [1.29, 1.82) is 0 Å². The number of rotatable bonds is 3. The lowest BCUT2D eigenvalue weighted by molar-refractivity contribution is -0.110. The highest BCUT2D eigenvalue weighted by Crippen LogP contribution is 2.32. The summed E-state index contributed by atoms with van der Waals surface area (Å²) in [7, 11) is 0. The molecule has 2 nitrogen and oxygen atoms in total. The summed E-state index contributed by atoms with van der Waals surface area (Å²) in [4.78, 5) is 0. The van der Waals surface area contributed by atoms with Crippen LogP contribution in [0.3, 0.4) is 0 Å². The zero-order valence-corrected chi connectivity index (χ0v) is 14.9. The van der Waals surface area contributed by atoms with Gasteiger partial charge in [-0.3, -0.25) is 5.41 Å². The standard InChI is InChI=1S/C25H19NO/c26-23-15-13-19(14-16-23)11-12-20-17-24(21-7-3-1-4-8-21)27-25(18-20)22-9-5-2-6-10-22/h1-18,26H/p+1. The van der Waals surface area contributed by atoms with E-state index in [1.807, 2.05) is 60.7 Å². The summed E-state index contributed by atoms with van der Waals surface area (Å²) in [6.45, 7) is 0. The van der Waals surface area contributed by atoms with Crippen LogP contribution < -0.4 is 5.41 Å². The van der Waals surface area contributed by atoms with Crippen molar-refractivity contribution in [2.45, 2.75) is 0 Å². The number of nitrogens with two attached hydrogens (primary N) is 1. The average Bonchev–Trinajstić information content (AvgIpc) is 2.74. The van der Waals surface area contributed by atoms with Crippen molar-refractivity contribution in [3.8, 4) is 0 Å². The van der Waals surface area contributed by atoms with Crippen LogP contribution in [0.25, 0.3) is 11.5 Å².